The molecule has 2 aromatic carbocycles. The van der Waals surface area contributed by atoms with Crippen LogP contribution in [0.1, 0.15) is 11.6 Å². The lowest BCUT2D eigenvalue weighted by Gasteiger charge is -2.19. The number of carbonyl (C=O) groups excluding carboxylic acids is 1. The molecule has 0 aliphatic heterocycles. The molecular weight excluding hydrogens is 367 g/mol. The monoisotopic (exact) mass is 382 g/mol. The van der Waals surface area contributed by atoms with E-state index in [0.717, 1.165) is 14.8 Å². The molecule has 0 heterocycles. The molecule has 0 aromatic heterocycles. The van der Waals surface area contributed by atoms with E-state index in [4.69, 9.17) is 10.5 Å². The summed E-state index contributed by atoms with van der Waals surface area (Å²) in [6, 6.07) is 14.4. The number of carbonyl (C=O) groups is 1. The number of hydrogen-bond acceptors (Lipinski definition) is 4. The van der Waals surface area contributed by atoms with Crippen LogP contribution >= 0.6 is 22.6 Å². The summed E-state index contributed by atoms with van der Waals surface area (Å²) >= 11 is 2.18. The highest BCUT2D eigenvalue weighted by Gasteiger charge is 2.21. The third-order valence-electron chi connectivity index (χ3n) is 2.86. The lowest BCUT2D eigenvalue weighted by Crippen LogP contribution is -2.22. The summed E-state index contributed by atoms with van der Waals surface area (Å²) < 4.78 is 5.83. The molecule has 2 aromatic rings. The second kappa shape index (κ2) is 6.60. The molecule has 1 unspecified atom stereocenters. The smallest absolute Gasteiger partial charge is 0.332 e. The third kappa shape index (κ3) is 3.41. The number of nitrogen functional groups attached to an aromatic ring is 1. The lowest BCUT2D eigenvalue weighted by molar-refractivity contribution is -0.141. The van der Waals surface area contributed by atoms with Gasteiger partial charge in [0.2, 0.25) is 0 Å². The Balaban J connectivity index is 2.31. The summed E-state index contributed by atoms with van der Waals surface area (Å²) in [6.07, 6.45) is 0. The number of hydrogen-bond donors (Lipinski definition) is 2. The van der Waals surface area contributed by atoms with Gasteiger partial charge in [-0.25, -0.2) is 4.79 Å². The van der Waals surface area contributed by atoms with Crippen molar-refractivity contribution in [1.82, 2.24) is 0 Å². The fraction of sp³-hybridized carbons (Fsp3) is 0.133. The van der Waals surface area contributed by atoms with E-state index in [-0.39, 0.29) is 5.97 Å². The molecule has 2 rings (SSSR count). The van der Waals surface area contributed by atoms with E-state index in [9.17, 15) is 4.79 Å². The summed E-state index contributed by atoms with van der Waals surface area (Å²) in [6.45, 7) is 0. The summed E-state index contributed by atoms with van der Waals surface area (Å²) in [5, 5.41) is 3.20. The molecule has 4 nitrogen and oxygen atoms in total. The molecule has 5 heteroatoms. The molecule has 0 fully saturated rings. The number of anilines is 2. The Kier molecular flexibility index (Phi) is 4.84. The van der Waals surface area contributed by atoms with Crippen molar-refractivity contribution >= 4 is 39.9 Å². The van der Waals surface area contributed by atoms with E-state index in [1.807, 2.05) is 42.5 Å². The highest BCUT2D eigenvalue weighted by atomic mass is 127. The van der Waals surface area contributed by atoms with Gasteiger partial charge in [0, 0.05) is 14.9 Å². The first-order valence-corrected chi connectivity index (χ1v) is 7.14. The van der Waals surface area contributed by atoms with Gasteiger partial charge in [-0.05, 0) is 46.4 Å². The summed E-state index contributed by atoms with van der Waals surface area (Å²) in [5.74, 6) is -0.330. The molecule has 3 N–H and O–H groups in total. The predicted octanol–water partition coefficient (Wildman–Crippen LogP) is 3.20. The molecule has 0 spiro atoms. The normalized spacial score (nSPS) is 11.7. The highest BCUT2D eigenvalue weighted by molar-refractivity contribution is 14.1. The summed E-state index contributed by atoms with van der Waals surface area (Å²) in [7, 11) is 1.38. The topological polar surface area (TPSA) is 64.3 Å². The Labute approximate surface area is 131 Å². The van der Waals surface area contributed by atoms with E-state index in [1.165, 1.54) is 7.11 Å². The van der Waals surface area contributed by atoms with E-state index in [2.05, 4.69) is 27.9 Å². The number of halogens is 1. The van der Waals surface area contributed by atoms with E-state index < -0.39 is 6.04 Å². The standard InChI is InChI=1S/C15H15IN2O2/c1-20-15(19)14(10-5-3-2-4-6-10)18-13-8-7-11(17)9-12(13)16/h2-9,14,18H,17H2,1H3. The number of esters is 1. The molecule has 0 radical (unpaired) electrons. The van der Waals surface area contributed by atoms with Crippen LogP contribution in [0.4, 0.5) is 11.4 Å². The largest absolute Gasteiger partial charge is 0.467 e. The first kappa shape index (κ1) is 14.6. The van der Waals surface area contributed by atoms with Crippen LogP contribution in [0.15, 0.2) is 48.5 Å². The second-order valence-corrected chi connectivity index (χ2v) is 5.41. The average molecular weight is 382 g/mol. The van der Waals surface area contributed by atoms with E-state index >= 15 is 0 Å². The molecule has 0 bridgehead atoms. The molecule has 1 atom stereocenters. The van der Waals surface area contributed by atoms with Gasteiger partial charge in [0.15, 0.2) is 6.04 Å². The minimum Gasteiger partial charge on any atom is -0.467 e. The average Bonchev–Trinajstić information content (AvgIpc) is 2.46. The first-order valence-electron chi connectivity index (χ1n) is 6.06. The summed E-state index contributed by atoms with van der Waals surface area (Å²) in [5.41, 5.74) is 8.12. The van der Waals surface area contributed by atoms with Gasteiger partial charge in [0.1, 0.15) is 0 Å². The minimum absolute atomic E-state index is 0.330. The molecule has 0 aliphatic rings. The maximum atomic E-state index is 12.0. The molecule has 0 saturated heterocycles. The Bertz CT molecular complexity index is 602. The molecule has 0 amide bonds. The van der Waals surface area contributed by atoms with Crippen molar-refractivity contribution in [2.24, 2.45) is 0 Å². The van der Waals surface area contributed by atoms with Crippen LogP contribution < -0.4 is 11.1 Å². The van der Waals surface area contributed by atoms with Crippen LogP contribution in [0.25, 0.3) is 0 Å². The van der Waals surface area contributed by atoms with Gasteiger partial charge in [0.25, 0.3) is 0 Å². The molecule has 0 aliphatic carbocycles. The van der Waals surface area contributed by atoms with Gasteiger partial charge in [0.05, 0.1) is 7.11 Å². The zero-order chi connectivity index (χ0) is 14.5. The Hall–Kier alpha value is -1.76. The molecular formula is C15H15IN2O2. The van der Waals surface area contributed by atoms with Crippen molar-refractivity contribution in [2.75, 3.05) is 18.2 Å². The second-order valence-electron chi connectivity index (χ2n) is 4.25. The van der Waals surface area contributed by atoms with Gasteiger partial charge < -0.3 is 15.8 Å². The van der Waals surface area contributed by atoms with E-state index in [0.29, 0.717) is 5.69 Å². The fourth-order valence-corrected chi connectivity index (χ4v) is 2.54. The predicted molar refractivity (Wildman–Crippen MR) is 88.4 cm³/mol. The number of methoxy groups -OCH3 is 1. The zero-order valence-corrected chi connectivity index (χ0v) is 13.1. The Morgan fingerprint density at radius 3 is 2.55 bits per heavy atom. The van der Waals surface area contributed by atoms with Crippen LogP contribution in [0.3, 0.4) is 0 Å². The fourth-order valence-electron chi connectivity index (χ4n) is 1.85. The van der Waals surface area contributed by atoms with Crippen molar-refractivity contribution in [3.8, 4) is 0 Å². The minimum atomic E-state index is -0.543. The van der Waals surface area contributed by atoms with Crippen molar-refractivity contribution in [3.05, 3.63) is 57.7 Å². The zero-order valence-electron chi connectivity index (χ0n) is 11.0. The van der Waals surface area contributed by atoms with Crippen molar-refractivity contribution < 1.29 is 9.53 Å². The van der Waals surface area contributed by atoms with E-state index in [1.54, 1.807) is 6.07 Å². The lowest BCUT2D eigenvalue weighted by atomic mass is 10.1. The molecule has 0 saturated carbocycles. The van der Waals surface area contributed by atoms with Gasteiger partial charge in [-0.15, -0.1) is 0 Å². The number of nitrogens with one attached hydrogen (secondary N) is 1. The van der Waals surface area contributed by atoms with Crippen LogP contribution in [0.2, 0.25) is 0 Å². The van der Waals surface area contributed by atoms with Crippen LogP contribution in [-0.2, 0) is 9.53 Å². The van der Waals surface area contributed by atoms with Crippen LogP contribution in [0.5, 0.6) is 0 Å². The van der Waals surface area contributed by atoms with Gasteiger partial charge >= 0.3 is 5.97 Å². The van der Waals surface area contributed by atoms with Crippen molar-refractivity contribution in [2.45, 2.75) is 6.04 Å². The first-order chi connectivity index (χ1) is 9.61. The maximum absolute atomic E-state index is 12.0. The van der Waals surface area contributed by atoms with Gasteiger partial charge in [-0.3, -0.25) is 0 Å². The maximum Gasteiger partial charge on any atom is 0.332 e. The Morgan fingerprint density at radius 1 is 1.25 bits per heavy atom. The third-order valence-corrected chi connectivity index (χ3v) is 3.76. The number of ether oxygens (including phenoxy) is 1. The highest BCUT2D eigenvalue weighted by Crippen LogP contribution is 2.26. The number of rotatable bonds is 4. The van der Waals surface area contributed by atoms with Crippen LogP contribution in [-0.4, -0.2) is 13.1 Å². The van der Waals surface area contributed by atoms with Gasteiger partial charge in [-0.1, -0.05) is 30.3 Å². The van der Waals surface area contributed by atoms with Gasteiger partial charge in [-0.2, -0.15) is 0 Å². The molecule has 104 valence electrons. The van der Waals surface area contributed by atoms with Crippen molar-refractivity contribution in [1.29, 1.82) is 0 Å². The number of nitrogens with two attached hydrogens (primary N) is 1. The van der Waals surface area contributed by atoms with Crippen LogP contribution in [0, 0.1) is 3.57 Å². The summed E-state index contributed by atoms with van der Waals surface area (Å²) in [4.78, 5) is 12.0. The molecule has 20 heavy (non-hydrogen) atoms. The quantitative estimate of drug-likeness (QED) is 0.484. The number of benzene rings is 2. The Morgan fingerprint density at radius 2 is 1.95 bits per heavy atom. The van der Waals surface area contributed by atoms with Crippen molar-refractivity contribution in [3.63, 3.8) is 0 Å². The SMILES string of the molecule is COC(=O)C(Nc1ccc(N)cc1I)c1ccccc1.